The molecule has 3 heteroatoms. The van der Waals surface area contributed by atoms with Crippen LogP contribution in [0.5, 0.6) is 0 Å². The lowest BCUT2D eigenvalue weighted by atomic mass is 10.2. The number of aromatic nitrogens is 3. The summed E-state index contributed by atoms with van der Waals surface area (Å²) in [7, 11) is 0. The number of rotatable bonds is 0. The zero-order valence-corrected chi connectivity index (χ0v) is 18.2. The maximum absolute atomic E-state index is 4.28. The number of fused-ring (bicyclic) bond motifs is 3. The average Bonchev–Trinajstić information content (AvgIpc) is 3.43. The van der Waals surface area contributed by atoms with Crippen LogP contribution in [0.15, 0.2) is 97.5 Å². The molecule has 2 N–H and O–H groups in total. The van der Waals surface area contributed by atoms with E-state index in [9.17, 15) is 0 Å². The predicted molar refractivity (Wildman–Crippen MR) is 133 cm³/mol. The van der Waals surface area contributed by atoms with E-state index in [-0.39, 0.29) is 0 Å². The van der Waals surface area contributed by atoms with E-state index in [1.807, 2.05) is 36.8 Å². The van der Waals surface area contributed by atoms with E-state index in [1.165, 1.54) is 43.9 Å². The van der Waals surface area contributed by atoms with E-state index in [0.29, 0.717) is 0 Å². The molecule has 0 atom stereocenters. The molecule has 0 bridgehead atoms. The third-order valence-corrected chi connectivity index (χ3v) is 5.15. The second-order valence-corrected chi connectivity index (χ2v) is 7.84. The first-order valence-corrected chi connectivity index (χ1v) is 10.5. The molecular formula is C28H27N3. The maximum atomic E-state index is 4.28. The molecule has 3 aromatic heterocycles. The van der Waals surface area contributed by atoms with Gasteiger partial charge in [0.25, 0.3) is 0 Å². The van der Waals surface area contributed by atoms with Crippen molar-refractivity contribution in [3.8, 4) is 0 Å². The molecule has 0 radical (unpaired) electrons. The van der Waals surface area contributed by atoms with Crippen molar-refractivity contribution in [3.63, 3.8) is 0 Å². The van der Waals surface area contributed by atoms with Crippen LogP contribution in [-0.4, -0.2) is 15.0 Å². The van der Waals surface area contributed by atoms with Crippen LogP contribution in [0.3, 0.4) is 0 Å². The Balaban J connectivity index is 0.000000112. The van der Waals surface area contributed by atoms with E-state index in [0.717, 1.165) is 5.52 Å². The van der Waals surface area contributed by atoms with Gasteiger partial charge in [0.15, 0.2) is 0 Å². The Bertz CT molecular complexity index is 1350. The van der Waals surface area contributed by atoms with Gasteiger partial charge in [0.05, 0.1) is 5.52 Å². The number of nitrogens with one attached hydrogen (secondary N) is 2. The number of benzene rings is 3. The van der Waals surface area contributed by atoms with Crippen molar-refractivity contribution in [2.75, 3.05) is 0 Å². The molecule has 3 heterocycles. The number of hydrogen-bond acceptors (Lipinski definition) is 1. The van der Waals surface area contributed by atoms with E-state index >= 15 is 0 Å². The fourth-order valence-corrected chi connectivity index (χ4v) is 3.52. The van der Waals surface area contributed by atoms with E-state index in [4.69, 9.17) is 0 Å². The monoisotopic (exact) mass is 405 g/mol. The number of H-pyrrole nitrogens is 2. The minimum Gasteiger partial charge on any atom is -0.361 e. The summed E-state index contributed by atoms with van der Waals surface area (Å²) in [4.78, 5) is 10.6. The number of nitrogens with zero attached hydrogens (tertiary/aromatic N) is 1. The zero-order chi connectivity index (χ0) is 21.6. The van der Waals surface area contributed by atoms with Crippen molar-refractivity contribution in [2.45, 2.75) is 20.8 Å². The molecule has 0 amide bonds. The SMILES string of the molecule is Cc1ccc2[nH]ccc2c1.Cc1ccc2cc[nH]c2c1.Cc1cnc2ccccc2c1. The lowest BCUT2D eigenvalue weighted by molar-refractivity contribution is 1.33. The number of pyridine rings is 1. The molecular weight excluding hydrogens is 378 g/mol. The first kappa shape index (κ1) is 20.4. The van der Waals surface area contributed by atoms with Gasteiger partial charge in [-0.05, 0) is 85.1 Å². The number of para-hydroxylation sites is 1. The van der Waals surface area contributed by atoms with E-state index in [2.05, 4.69) is 96.4 Å². The van der Waals surface area contributed by atoms with Gasteiger partial charge in [-0.2, -0.15) is 0 Å². The molecule has 3 nitrogen and oxygen atoms in total. The normalized spacial score (nSPS) is 10.4. The second-order valence-electron chi connectivity index (χ2n) is 7.84. The van der Waals surface area contributed by atoms with E-state index < -0.39 is 0 Å². The third kappa shape index (κ3) is 5.20. The fourth-order valence-electron chi connectivity index (χ4n) is 3.52. The summed E-state index contributed by atoms with van der Waals surface area (Å²) in [5.41, 5.74) is 7.33. The Morgan fingerprint density at radius 2 is 1.23 bits per heavy atom. The van der Waals surface area contributed by atoms with Gasteiger partial charge in [-0.1, -0.05) is 42.0 Å². The summed E-state index contributed by atoms with van der Waals surface area (Å²) in [6, 6.07) is 27.2. The molecule has 0 saturated carbocycles. The molecule has 0 aliphatic rings. The van der Waals surface area contributed by atoms with Gasteiger partial charge in [-0.3, -0.25) is 4.98 Å². The van der Waals surface area contributed by atoms with Crippen LogP contribution in [0.1, 0.15) is 16.7 Å². The first-order chi connectivity index (χ1) is 15.1. The van der Waals surface area contributed by atoms with E-state index in [1.54, 1.807) is 0 Å². The fraction of sp³-hybridized carbons (Fsp3) is 0.107. The van der Waals surface area contributed by atoms with Crippen LogP contribution < -0.4 is 0 Å². The Morgan fingerprint density at radius 1 is 0.548 bits per heavy atom. The largest absolute Gasteiger partial charge is 0.361 e. The minimum atomic E-state index is 1.07. The summed E-state index contributed by atoms with van der Waals surface area (Å²) < 4.78 is 0. The Labute approximate surface area is 182 Å². The molecule has 6 rings (SSSR count). The first-order valence-electron chi connectivity index (χ1n) is 10.5. The number of hydrogen-bond donors (Lipinski definition) is 2. The molecule has 0 unspecified atom stereocenters. The Hall–Kier alpha value is -3.85. The topological polar surface area (TPSA) is 44.5 Å². The highest BCUT2D eigenvalue weighted by molar-refractivity contribution is 5.80. The molecule has 0 aliphatic carbocycles. The summed E-state index contributed by atoms with van der Waals surface area (Å²) in [6.45, 7) is 6.26. The molecule has 0 saturated heterocycles. The minimum absolute atomic E-state index is 1.07. The third-order valence-electron chi connectivity index (χ3n) is 5.15. The van der Waals surface area contributed by atoms with Crippen LogP contribution in [0.2, 0.25) is 0 Å². The van der Waals surface area contributed by atoms with Gasteiger partial charge in [0, 0.05) is 35.0 Å². The van der Waals surface area contributed by atoms with Gasteiger partial charge in [-0.15, -0.1) is 0 Å². The second kappa shape index (κ2) is 9.31. The van der Waals surface area contributed by atoms with Crippen LogP contribution in [0.25, 0.3) is 32.7 Å². The highest BCUT2D eigenvalue weighted by atomic mass is 14.7. The Morgan fingerprint density at radius 3 is 2.10 bits per heavy atom. The molecule has 0 spiro atoms. The van der Waals surface area contributed by atoms with Crippen LogP contribution in [0, 0.1) is 20.8 Å². The van der Waals surface area contributed by atoms with Crippen molar-refractivity contribution in [2.24, 2.45) is 0 Å². The highest BCUT2D eigenvalue weighted by Gasteiger charge is 1.92. The molecule has 31 heavy (non-hydrogen) atoms. The number of aromatic amines is 2. The van der Waals surface area contributed by atoms with Gasteiger partial charge >= 0.3 is 0 Å². The maximum Gasteiger partial charge on any atom is 0.0702 e. The molecule has 154 valence electrons. The molecule has 0 aliphatic heterocycles. The smallest absolute Gasteiger partial charge is 0.0702 e. The summed E-state index contributed by atoms with van der Waals surface area (Å²) >= 11 is 0. The van der Waals surface area contributed by atoms with Gasteiger partial charge < -0.3 is 9.97 Å². The van der Waals surface area contributed by atoms with Crippen LogP contribution in [-0.2, 0) is 0 Å². The lowest BCUT2D eigenvalue weighted by Crippen LogP contribution is -1.78. The standard InChI is InChI=1S/C10H9N.2C9H9N/c1-8-6-9-4-2-3-5-10(9)11-7-8;1-7-2-3-9-8(6-7)4-5-10-9;1-7-2-3-8-4-5-10-9(8)6-7/h2-7H,1H3;2*2-6,10H,1H3. The zero-order valence-electron chi connectivity index (χ0n) is 18.2. The average molecular weight is 406 g/mol. The van der Waals surface area contributed by atoms with Crippen molar-refractivity contribution in [1.29, 1.82) is 0 Å². The highest BCUT2D eigenvalue weighted by Crippen LogP contribution is 2.14. The quantitative estimate of drug-likeness (QED) is 0.270. The van der Waals surface area contributed by atoms with Gasteiger partial charge in [0.2, 0.25) is 0 Å². The van der Waals surface area contributed by atoms with Crippen LogP contribution in [0.4, 0.5) is 0 Å². The predicted octanol–water partition coefficient (Wildman–Crippen LogP) is 7.50. The Kier molecular flexibility index (Phi) is 6.13. The van der Waals surface area contributed by atoms with Crippen molar-refractivity contribution in [1.82, 2.24) is 15.0 Å². The lowest BCUT2D eigenvalue weighted by Gasteiger charge is -1.95. The van der Waals surface area contributed by atoms with Crippen molar-refractivity contribution < 1.29 is 0 Å². The van der Waals surface area contributed by atoms with Gasteiger partial charge in [-0.25, -0.2) is 0 Å². The summed E-state index contributed by atoms with van der Waals surface area (Å²) in [6.07, 6.45) is 5.82. The summed E-state index contributed by atoms with van der Waals surface area (Å²) in [5.74, 6) is 0. The van der Waals surface area contributed by atoms with Crippen LogP contribution >= 0.6 is 0 Å². The van der Waals surface area contributed by atoms with Gasteiger partial charge in [0.1, 0.15) is 0 Å². The molecule has 6 aromatic rings. The molecule has 3 aromatic carbocycles. The van der Waals surface area contributed by atoms with Crippen molar-refractivity contribution in [3.05, 3.63) is 114 Å². The van der Waals surface area contributed by atoms with Crippen molar-refractivity contribution >= 4 is 32.7 Å². The summed E-state index contributed by atoms with van der Waals surface area (Å²) in [5, 5.41) is 3.79. The molecule has 0 fully saturated rings. The number of aryl methyl sites for hydroxylation is 3.